The minimum absolute atomic E-state index is 0.267. The van der Waals surface area contributed by atoms with Gasteiger partial charge in [-0.3, -0.25) is 9.78 Å². The number of nitrogens with one attached hydrogen (secondary N) is 2. The van der Waals surface area contributed by atoms with E-state index in [-0.39, 0.29) is 17.4 Å². The van der Waals surface area contributed by atoms with Gasteiger partial charge in [-0.25, -0.2) is 4.39 Å². The minimum atomic E-state index is -0.330. The van der Waals surface area contributed by atoms with Gasteiger partial charge in [-0.2, -0.15) is 0 Å². The van der Waals surface area contributed by atoms with Crippen molar-refractivity contribution in [2.75, 3.05) is 29.6 Å². The highest BCUT2D eigenvalue weighted by molar-refractivity contribution is 6.03. The van der Waals surface area contributed by atoms with E-state index in [0.29, 0.717) is 17.1 Å². The normalized spacial score (nSPS) is 10.3. The van der Waals surface area contributed by atoms with Crippen LogP contribution in [0.5, 0.6) is 0 Å². The second-order valence-corrected chi connectivity index (χ2v) is 5.96. The molecular weight excluding hydrogens is 331 g/mol. The molecule has 2 aromatic carbocycles. The molecule has 1 heterocycles. The molecule has 0 aliphatic heterocycles. The van der Waals surface area contributed by atoms with Crippen molar-refractivity contribution in [3.05, 3.63) is 78.4 Å². The van der Waals surface area contributed by atoms with Crippen LogP contribution in [0.25, 0.3) is 0 Å². The molecule has 0 atom stereocenters. The number of amides is 1. The van der Waals surface area contributed by atoms with Gasteiger partial charge in [0.05, 0.1) is 0 Å². The van der Waals surface area contributed by atoms with Crippen molar-refractivity contribution in [3.63, 3.8) is 0 Å². The average Bonchev–Trinajstić information content (AvgIpc) is 2.62. The van der Waals surface area contributed by atoms with Crippen LogP contribution in [0, 0.1) is 5.82 Å². The van der Waals surface area contributed by atoms with Crippen LogP contribution in [0.3, 0.4) is 0 Å². The Bertz CT molecular complexity index is 910. The van der Waals surface area contributed by atoms with Crippen LogP contribution in [0.2, 0.25) is 0 Å². The van der Waals surface area contributed by atoms with Crippen LogP contribution in [0.15, 0.2) is 66.9 Å². The van der Waals surface area contributed by atoms with Crippen molar-refractivity contribution < 1.29 is 9.18 Å². The molecule has 26 heavy (non-hydrogen) atoms. The van der Waals surface area contributed by atoms with E-state index >= 15 is 0 Å². The molecule has 0 saturated carbocycles. The van der Waals surface area contributed by atoms with Gasteiger partial charge in [-0.1, -0.05) is 6.07 Å². The van der Waals surface area contributed by atoms with Crippen molar-refractivity contribution in [2.24, 2.45) is 0 Å². The summed E-state index contributed by atoms with van der Waals surface area (Å²) in [6, 6.07) is 17.0. The number of anilines is 4. The van der Waals surface area contributed by atoms with Crippen molar-refractivity contribution in [2.45, 2.75) is 0 Å². The van der Waals surface area contributed by atoms with Crippen LogP contribution in [-0.4, -0.2) is 25.0 Å². The fourth-order valence-electron chi connectivity index (χ4n) is 2.40. The third kappa shape index (κ3) is 4.36. The number of nitrogens with zero attached hydrogens (tertiary/aromatic N) is 2. The predicted octanol–water partition coefficient (Wildman–Crippen LogP) is 4.28. The van der Waals surface area contributed by atoms with E-state index in [9.17, 15) is 9.18 Å². The Morgan fingerprint density at radius 1 is 0.962 bits per heavy atom. The summed E-state index contributed by atoms with van der Waals surface area (Å²) in [6.45, 7) is 0. The van der Waals surface area contributed by atoms with Crippen LogP contribution in [0.1, 0.15) is 10.5 Å². The van der Waals surface area contributed by atoms with Gasteiger partial charge in [0, 0.05) is 43.0 Å². The fraction of sp³-hybridized carbons (Fsp3) is 0.100. The first-order chi connectivity index (χ1) is 12.5. The fourth-order valence-corrected chi connectivity index (χ4v) is 2.40. The Morgan fingerprint density at radius 3 is 2.38 bits per heavy atom. The number of hydrogen-bond donors (Lipinski definition) is 2. The van der Waals surface area contributed by atoms with Crippen molar-refractivity contribution in [1.82, 2.24) is 4.98 Å². The smallest absolute Gasteiger partial charge is 0.274 e. The topological polar surface area (TPSA) is 57.3 Å². The molecule has 3 rings (SSSR count). The number of carbonyl (C=O) groups excluding carboxylic acids is 1. The summed E-state index contributed by atoms with van der Waals surface area (Å²) in [5.41, 5.74) is 3.25. The van der Waals surface area contributed by atoms with Crippen LogP contribution in [0.4, 0.5) is 27.1 Å². The third-order valence-corrected chi connectivity index (χ3v) is 3.75. The Balaban J connectivity index is 1.71. The molecule has 0 aliphatic carbocycles. The summed E-state index contributed by atoms with van der Waals surface area (Å²) in [6.07, 6.45) is 1.53. The molecule has 0 unspecified atom stereocenters. The first-order valence-electron chi connectivity index (χ1n) is 8.09. The lowest BCUT2D eigenvalue weighted by Gasteiger charge is -2.13. The van der Waals surface area contributed by atoms with E-state index in [4.69, 9.17) is 0 Å². The molecule has 2 N–H and O–H groups in total. The summed E-state index contributed by atoms with van der Waals surface area (Å²) < 4.78 is 13.3. The molecule has 6 heteroatoms. The van der Waals surface area contributed by atoms with Crippen molar-refractivity contribution in [3.8, 4) is 0 Å². The third-order valence-electron chi connectivity index (χ3n) is 3.75. The zero-order valence-electron chi connectivity index (χ0n) is 14.5. The molecule has 3 aromatic rings. The predicted molar refractivity (Wildman–Crippen MR) is 103 cm³/mol. The monoisotopic (exact) mass is 350 g/mol. The Kier molecular flexibility index (Phi) is 5.12. The minimum Gasteiger partial charge on any atom is -0.378 e. The molecule has 132 valence electrons. The van der Waals surface area contributed by atoms with E-state index in [1.807, 2.05) is 43.3 Å². The highest BCUT2D eigenvalue weighted by atomic mass is 19.1. The molecule has 0 radical (unpaired) electrons. The summed E-state index contributed by atoms with van der Waals surface area (Å²) in [7, 11) is 3.91. The van der Waals surface area contributed by atoms with Gasteiger partial charge in [-0.15, -0.1) is 0 Å². The lowest BCUT2D eigenvalue weighted by Crippen LogP contribution is -2.14. The second kappa shape index (κ2) is 7.65. The summed E-state index contributed by atoms with van der Waals surface area (Å²) >= 11 is 0. The highest BCUT2D eigenvalue weighted by Gasteiger charge is 2.09. The summed E-state index contributed by atoms with van der Waals surface area (Å²) in [4.78, 5) is 18.5. The first-order valence-corrected chi connectivity index (χ1v) is 8.09. The van der Waals surface area contributed by atoms with Crippen LogP contribution >= 0.6 is 0 Å². The maximum atomic E-state index is 13.3. The molecule has 5 nitrogen and oxygen atoms in total. The molecule has 0 fully saturated rings. The Morgan fingerprint density at radius 2 is 1.69 bits per heavy atom. The van der Waals surface area contributed by atoms with Crippen LogP contribution in [-0.2, 0) is 0 Å². The van der Waals surface area contributed by atoms with Crippen LogP contribution < -0.4 is 15.5 Å². The first kappa shape index (κ1) is 17.4. The van der Waals surface area contributed by atoms with Gasteiger partial charge in [0.1, 0.15) is 11.5 Å². The van der Waals surface area contributed by atoms with Gasteiger partial charge in [0.25, 0.3) is 5.91 Å². The number of rotatable bonds is 5. The van der Waals surface area contributed by atoms with Gasteiger partial charge < -0.3 is 15.5 Å². The van der Waals surface area contributed by atoms with Gasteiger partial charge >= 0.3 is 0 Å². The highest BCUT2D eigenvalue weighted by Crippen LogP contribution is 2.19. The van der Waals surface area contributed by atoms with E-state index < -0.39 is 0 Å². The Labute approximate surface area is 151 Å². The van der Waals surface area contributed by atoms with Crippen molar-refractivity contribution >= 4 is 28.7 Å². The molecular formula is C20H19FN4O. The zero-order valence-corrected chi connectivity index (χ0v) is 14.5. The van der Waals surface area contributed by atoms with E-state index in [0.717, 1.165) is 5.69 Å². The van der Waals surface area contributed by atoms with E-state index in [1.165, 1.54) is 18.3 Å². The maximum absolute atomic E-state index is 13.3. The lowest BCUT2D eigenvalue weighted by molar-refractivity contribution is 0.102. The SMILES string of the molecule is CN(C)c1ccc(NC(=O)c2cc(Nc3cccc(F)c3)ccn2)cc1. The number of benzene rings is 2. The Hall–Kier alpha value is -3.41. The van der Waals surface area contributed by atoms with Crippen molar-refractivity contribution in [1.29, 1.82) is 0 Å². The zero-order chi connectivity index (χ0) is 18.5. The average molecular weight is 350 g/mol. The van der Waals surface area contributed by atoms with Gasteiger partial charge in [0.15, 0.2) is 0 Å². The summed E-state index contributed by atoms with van der Waals surface area (Å²) in [5, 5.41) is 5.88. The standard InChI is InChI=1S/C20H19FN4O/c1-25(2)18-8-6-15(7-9-18)24-20(26)19-13-17(10-11-22-19)23-16-5-3-4-14(21)12-16/h3-13H,1-2H3,(H,22,23)(H,24,26). The molecule has 1 amide bonds. The molecule has 0 spiro atoms. The summed E-state index contributed by atoms with van der Waals surface area (Å²) in [5.74, 6) is -0.645. The number of carbonyl (C=O) groups is 1. The van der Waals surface area contributed by atoms with Gasteiger partial charge in [-0.05, 0) is 54.6 Å². The number of aromatic nitrogens is 1. The number of pyridine rings is 1. The lowest BCUT2D eigenvalue weighted by atomic mass is 10.2. The maximum Gasteiger partial charge on any atom is 0.274 e. The molecule has 0 saturated heterocycles. The second-order valence-electron chi connectivity index (χ2n) is 5.96. The molecule has 0 aliphatic rings. The number of halogens is 1. The number of hydrogen-bond acceptors (Lipinski definition) is 4. The van der Waals surface area contributed by atoms with Gasteiger partial charge in [0.2, 0.25) is 0 Å². The molecule has 1 aromatic heterocycles. The molecule has 0 bridgehead atoms. The van der Waals surface area contributed by atoms with E-state index in [2.05, 4.69) is 15.6 Å². The van der Waals surface area contributed by atoms with E-state index in [1.54, 1.807) is 24.3 Å². The largest absolute Gasteiger partial charge is 0.378 e. The quantitative estimate of drug-likeness (QED) is 0.721.